The molecule has 9 heteroatoms. The van der Waals surface area contributed by atoms with Crippen LogP contribution in [0.5, 0.6) is 0 Å². The molecule has 9 nitrogen and oxygen atoms in total. The molecule has 2 amide bonds. The average Bonchev–Trinajstić information content (AvgIpc) is 3.35. The van der Waals surface area contributed by atoms with Crippen LogP contribution < -0.4 is 15.1 Å². The topological polar surface area (TPSA) is 102 Å². The zero-order chi connectivity index (χ0) is 22.8. The van der Waals surface area contributed by atoms with Crippen molar-refractivity contribution in [1.29, 1.82) is 0 Å². The largest absolute Gasteiger partial charge is 0.387 e. The van der Waals surface area contributed by atoms with Gasteiger partial charge in [-0.15, -0.1) is 0 Å². The Hall–Kier alpha value is -2.42. The minimum Gasteiger partial charge on any atom is -0.387 e. The van der Waals surface area contributed by atoms with Gasteiger partial charge in [0, 0.05) is 32.2 Å². The van der Waals surface area contributed by atoms with Crippen LogP contribution in [0.15, 0.2) is 6.20 Å². The molecular weight excluding hydrogens is 408 g/mol. The predicted octanol–water partition coefficient (Wildman–Crippen LogP) is 2.01. The number of nitrogens with zero attached hydrogens (tertiary/aromatic N) is 5. The third-order valence-corrected chi connectivity index (χ3v) is 7.50. The number of amides is 2. The highest BCUT2D eigenvalue weighted by atomic mass is 16.3. The second kappa shape index (κ2) is 9.60. The lowest BCUT2D eigenvalue weighted by Crippen LogP contribution is -2.55. The van der Waals surface area contributed by atoms with E-state index in [1.54, 1.807) is 16.0 Å². The maximum Gasteiger partial charge on any atom is 0.249 e. The number of aliphatic hydroxyl groups excluding tert-OH is 1. The van der Waals surface area contributed by atoms with E-state index < -0.39 is 6.61 Å². The summed E-state index contributed by atoms with van der Waals surface area (Å²) in [6, 6.07) is 0.332. The molecule has 176 valence electrons. The van der Waals surface area contributed by atoms with E-state index >= 15 is 0 Å². The molecule has 2 aliphatic heterocycles. The molecule has 2 unspecified atom stereocenters. The molecule has 0 spiro atoms. The zero-order valence-corrected chi connectivity index (χ0v) is 19.5. The Morgan fingerprint density at radius 1 is 1.25 bits per heavy atom. The van der Waals surface area contributed by atoms with Gasteiger partial charge in [-0.25, -0.2) is 4.98 Å². The minimum absolute atomic E-state index is 0.119. The van der Waals surface area contributed by atoms with Crippen LogP contribution in [0.2, 0.25) is 0 Å². The number of nitrogens with one attached hydrogen (secondary N) is 1. The van der Waals surface area contributed by atoms with E-state index in [4.69, 9.17) is 10.1 Å². The first-order chi connectivity index (χ1) is 15.4. The third-order valence-electron chi connectivity index (χ3n) is 7.50. The number of fused-ring (bicyclic) bond motifs is 1. The first kappa shape index (κ1) is 22.8. The lowest BCUT2D eigenvalue weighted by atomic mass is 9.90. The van der Waals surface area contributed by atoms with Gasteiger partial charge in [-0.1, -0.05) is 19.8 Å². The highest BCUT2D eigenvalue weighted by molar-refractivity contribution is 6.04. The van der Waals surface area contributed by atoms with Crippen molar-refractivity contribution in [3.8, 4) is 0 Å². The monoisotopic (exact) mass is 444 g/mol. The Morgan fingerprint density at radius 3 is 2.56 bits per heavy atom. The van der Waals surface area contributed by atoms with Gasteiger partial charge in [-0.3, -0.25) is 9.59 Å². The smallest absolute Gasteiger partial charge is 0.249 e. The normalized spacial score (nSPS) is 23.4. The molecule has 1 aliphatic carbocycles. The summed E-state index contributed by atoms with van der Waals surface area (Å²) < 4.78 is 0. The van der Waals surface area contributed by atoms with Crippen molar-refractivity contribution in [3.05, 3.63) is 6.20 Å². The number of hydrogen-bond acceptors (Lipinski definition) is 7. The van der Waals surface area contributed by atoms with Crippen molar-refractivity contribution < 1.29 is 14.7 Å². The molecular formula is C23H36N6O3. The second-order valence-electron chi connectivity index (χ2n) is 9.38. The van der Waals surface area contributed by atoms with Gasteiger partial charge >= 0.3 is 0 Å². The molecule has 2 fully saturated rings. The Labute approximate surface area is 190 Å². The van der Waals surface area contributed by atoms with Crippen LogP contribution in [0, 0.1) is 5.92 Å². The first-order valence-electron chi connectivity index (χ1n) is 12.0. The lowest BCUT2D eigenvalue weighted by Gasteiger charge is -2.43. The highest BCUT2D eigenvalue weighted by Gasteiger charge is 2.41. The quantitative estimate of drug-likeness (QED) is 0.692. The molecule has 3 aliphatic rings. The fraction of sp³-hybridized carbons (Fsp3) is 0.739. The SMILES string of the molecule is CCC1C(=O)N(C)c2cnc(NC(C)C3CCN(C(=O)CO)CC3)nc2N1C1CCCC1. The molecule has 1 aromatic heterocycles. The molecule has 1 saturated heterocycles. The number of aromatic nitrogens is 2. The van der Waals surface area contributed by atoms with Crippen molar-refractivity contribution in [2.45, 2.75) is 76.9 Å². The number of carbonyl (C=O) groups excluding carboxylic acids is 2. The number of rotatable bonds is 6. The van der Waals surface area contributed by atoms with E-state index in [0.29, 0.717) is 31.0 Å². The van der Waals surface area contributed by atoms with Gasteiger partial charge in [0.15, 0.2) is 5.82 Å². The Morgan fingerprint density at radius 2 is 1.94 bits per heavy atom. The summed E-state index contributed by atoms with van der Waals surface area (Å²) in [4.78, 5) is 39.9. The van der Waals surface area contributed by atoms with Gasteiger partial charge in [0.25, 0.3) is 0 Å². The standard InChI is InChI=1S/C23H36N6O3/c1-4-18-22(32)27(3)19-13-24-23(26-21(19)29(18)17-7-5-6-8-17)25-15(2)16-9-11-28(12-10-16)20(31)14-30/h13,15-18,30H,4-12,14H2,1-3H3,(H,24,25,26). The van der Waals surface area contributed by atoms with E-state index in [1.807, 2.05) is 7.05 Å². The average molecular weight is 445 g/mol. The molecule has 0 aromatic carbocycles. The van der Waals surface area contributed by atoms with Crippen LogP contribution in [0.25, 0.3) is 0 Å². The summed E-state index contributed by atoms with van der Waals surface area (Å²) in [6.45, 7) is 5.12. The van der Waals surface area contributed by atoms with E-state index in [2.05, 4.69) is 29.0 Å². The van der Waals surface area contributed by atoms with Crippen molar-refractivity contribution in [3.63, 3.8) is 0 Å². The van der Waals surface area contributed by atoms with Crippen molar-refractivity contribution in [1.82, 2.24) is 14.9 Å². The number of hydrogen-bond donors (Lipinski definition) is 2. The van der Waals surface area contributed by atoms with E-state index in [0.717, 1.165) is 43.6 Å². The third kappa shape index (κ3) is 4.27. The molecule has 2 N–H and O–H groups in total. The maximum absolute atomic E-state index is 13.0. The number of carbonyl (C=O) groups is 2. The number of aliphatic hydroxyl groups is 1. The summed E-state index contributed by atoms with van der Waals surface area (Å²) in [5, 5.41) is 12.6. The highest BCUT2D eigenvalue weighted by Crippen LogP contribution is 2.40. The molecule has 1 saturated carbocycles. The predicted molar refractivity (Wildman–Crippen MR) is 124 cm³/mol. The Bertz CT molecular complexity index is 835. The summed E-state index contributed by atoms with van der Waals surface area (Å²) in [5.41, 5.74) is 0.778. The first-order valence-corrected chi connectivity index (χ1v) is 12.0. The lowest BCUT2D eigenvalue weighted by molar-refractivity contribution is -0.135. The van der Waals surface area contributed by atoms with Gasteiger partial charge in [-0.2, -0.15) is 4.98 Å². The van der Waals surface area contributed by atoms with Crippen LogP contribution >= 0.6 is 0 Å². The molecule has 1 aromatic rings. The van der Waals surface area contributed by atoms with Gasteiger partial charge in [0.2, 0.25) is 17.8 Å². The fourth-order valence-corrected chi connectivity index (χ4v) is 5.52. The number of likely N-dealkylation sites (tertiary alicyclic amines) is 1. The van der Waals surface area contributed by atoms with Crippen LogP contribution in [0.3, 0.4) is 0 Å². The minimum atomic E-state index is -0.422. The number of piperidine rings is 1. The van der Waals surface area contributed by atoms with Gasteiger partial charge < -0.3 is 25.1 Å². The van der Waals surface area contributed by atoms with Gasteiger partial charge in [-0.05, 0) is 44.9 Å². The zero-order valence-electron chi connectivity index (χ0n) is 19.5. The molecule has 32 heavy (non-hydrogen) atoms. The summed E-state index contributed by atoms with van der Waals surface area (Å²) >= 11 is 0. The van der Waals surface area contributed by atoms with Crippen molar-refractivity contribution in [2.24, 2.45) is 5.92 Å². The Kier molecular flexibility index (Phi) is 6.83. The van der Waals surface area contributed by atoms with Crippen LogP contribution in [-0.4, -0.2) is 76.7 Å². The van der Waals surface area contributed by atoms with Crippen LogP contribution in [0.1, 0.15) is 58.8 Å². The summed E-state index contributed by atoms with van der Waals surface area (Å²) in [5.74, 6) is 1.77. The molecule has 0 bridgehead atoms. The second-order valence-corrected chi connectivity index (χ2v) is 9.38. The van der Waals surface area contributed by atoms with Crippen LogP contribution in [0.4, 0.5) is 17.5 Å². The molecule has 4 rings (SSSR count). The fourth-order valence-electron chi connectivity index (χ4n) is 5.52. The molecule has 2 atom stereocenters. The van der Waals surface area contributed by atoms with Crippen molar-refractivity contribution >= 4 is 29.3 Å². The summed E-state index contributed by atoms with van der Waals surface area (Å²) in [6.07, 6.45) is 8.88. The van der Waals surface area contributed by atoms with Crippen molar-refractivity contribution in [2.75, 3.05) is 41.9 Å². The van der Waals surface area contributed by atoms with Crippen LogP contribution in [-0.2, 0) is 9.59 Å². The van der Waals surface area contributed by atoms with E-state index in [1.165, 1.54) is 12.8 Å². The number of anilines is 3. The number of likely N-dealkylation sites (N-methyl/N-ethyl adjacent to an activating group) is 1. The summed E-state index contributed by atoms with van der Waals surface area (Å²) in [7, 11) is 1.82. The molecule has 3 heterocycles. The Balaban J connectivity index is 1.51. The molecule has 0 radical (unpaired) electrons. The van der Waals surface area contributed by atoms with Gasteiger partial charge in [0.1, 0.15) is 18.3 Å². The van der Waals surface area contributed by atoms with E-state index in [9.17, 15) is 9.59 Å². The van der Waals surface area contributed by atoms with E-state index in [-0.39, 0.29) is 23.9 Å². The maximum atomic E-state index is 13.0. The van der Waals surface area contributed by atoms with Gasteiger partial charge in [0.05, 0.1) is 6.20 Å².